The average Bonchev–Trinajstić information content (AvgIpc) is 2.47. The number of hydrogen-bond acceptors (Lipinski definition) is 3. The van der Waals surface area contributed by atoms with Crippen LogP contribution in [0.2, 0.25) is 5.02 Å². The number of halogens is 2. The maximum atomic E-state index is 13.6. The zero-order valence-corrected chi connectivity index (χ0v) is 12.4. The van der Waals surface area contributed by atoms with Gasteiger partial charge in [0.05, 0.1) is 7.11 Å². The molecule has 0 heterocycles. The van der Waals surface area contributed by atoms with Gasteiger partial charge in [0.25, 0.3) is 0 Å². The van der Waals surface area contributed by atoms with Crippen molar-refractivity contribution in [3.05, 3.63) is 58.9 Å². The van der Waals surface area contributed by atoms with Gasteiger partial charge in [-0.05, 0) is 48.4 Å². The molecule has 3 nitrogen and oxygen atoms in total. The van der Waals surface area contributed by atoms with E-state index in [-0.39, 0.29) is 17.6 Å². The molecule has 2 aromatic rings. The summed E-state index contributed by atoms with van der Waals surface area (Å²) in [5.41, 5.74) is 6.81. The lowest BCUT2D eigenvalue weighted by molar-refractivity contribution is 0.287. The summed E-state index contributed by atoms with van der Waals surface area (Å²) in [5, 5.41) is 0.653. The van der Waals surface area contributed by atoms with Gasteiger partial charge in [-0.25, -0.2) is 4.39 Å². The lowest BCUT2D eigenvalue weighted by atomic mass is 10.1. The quantitative estimate of drug-likeness (QED) is 0.889. The molecule has 0 amide bonds. The summed E-state index contributed by atoms with van der Waals surface area (Å²) in [6.45, 7) is 0.343. The molecule has 5 heteroatoms. The fraction of sp³-hybridized carbons (Fsp3) is 0.250. The van der Waals surface area contributed by atoms with Crippen molar-refractivity contribution in [1.29, 1.82) is 0 Å². The van der Waals surface area contributed by atoms with Crippen molar-refractivity contribution in [2.45, 2.75) is 12.5 Å². The van der Waals surface area contributed by atoms with E-state index in [2.05, 4.69) is 0 Å². The van der Waals surface area contributed by atoms with Gasteiger partial charge in [-0.1, -0.05) is 17.7 Å². The number of nitrogens with two attached hydrogens (primary N) is 1. The van der Waals surface area contributed by atoms with Crippen LogP contribution in [0.25, 0.3) is 0 Å². The summed E-state index contributed by atoms with van der Waals surface area (Å²) in [6, 6.07) is 11.7. The summed E-state index contributed by atoms with van der Waals surface area (Å²) >= 11 is 5.80. The van der Waals surface area contributed by atoms with E-state index in [0.29, 0.717) is 23.8 Å². The van der Waals surface area contributed by atoms with Gasteiger partial charge in [0.15, 0.2) is 11.6 Å². The lowest BCUT2D eigenvalue weighted by Gasteiger charge is -2.14. The van der Waals surface area contributed by atoms with Crippen molar-refractivity contribution >= 4 is 11.6 Å². The monoisotopic (exact) mass is 309 g/mol. The fourth-order valence-corrected chi connectivity index (χ4v) is 2.06. The zero-order valence-electron chi connectivity index (χ0n) is 11.7. The van der Waals surface area contributed by atoms with Crippen molar-refractivity contribution < 1.29 is 13.9 Å². The molecular weight excluding hydrogens is 293 g/mol. The standard InChI is InChI=1S/C16H17ClFNO2/c1-20-16-7-2-11(9-15(16)18)8-13(19)10-21-14-5-3-12(17)4-6-14/h2-7,9,13H,8,10,19H2,1H3. The van der Waals surface area contributed by atoms with Crippen molar-refractivity contribution in [2.24, 2.45) is 5.73 Å². The molecule has 2 aromatic carbocycles. The molecule has 0 aromatic heterocycles. The number of rotatable bonds is 6. The van der Waals surface area contributed by atoms with E-state index < -0.39 is 0 Å². The highest BCUT2D eigenvalue weighted by atomic mass is 35.5. The Kier molecular flexibility index (Phi) is 5.42. The minimum Gasteiger partial charge on any atom is -0.494 e. The van der Waals surface area contributed by atoms with Gasteiger partial charge in [0.1, 0.15) is 12.4 Å². The second kappa shape index (κ2) is 7.29. The van der Waals surface area contributed by atoms with Gasteiger partial charge < -0.3 is 15.2 Å². The molecule has 112 valence electrons. The SMILES string of the molecule is COc1ccc(CC(N)COc2ccc(Cl)cc2)cc1F. The Hall–Kier alpha value is -1.78. The van der Waals surface area contributed by atoms with E-state index in [1.165, 1.54) is 13.2 Å². The summed E-state index contributed by atoms with van der Waals surface area (Å²) in [6.07, 6.45) is 0.522. The van der Waals surface area contributed by atoms with Crippen LogP contribution in [0.1, 0.15) is 5.56 Å². The van der Waals surface area contributed by atoms with Gasteiger partial charge in [-0.3, -0.25) is 0 Å². The van der Waals surface area contributed by atoms with Crippen molar-refractivity contribution in [2.75, 3.05) is 13.7 Å². The molecule has 21 heavy (non-hydrogen) atoms. The number of benzene rings is 2. The number of ether oxygens (including phenoxy) is 2. The maximum absolute atomic E-state index is 13.6. The van der Waals surface area contributed by atoms with Gasteiger partial charge in [0, 0.05) is 11.1 Å². The highest BCUT2D eigenvalue weighted by Gasteiger charge is 2.09. The highest BCUT2D eigenvalue weighted by Crippen LogP contribution is 2.19. The molecule has 0 spiro atoms. The minimum absolute atomic E-state index is 0.227. The Bertz CT molecular complexity index is 589. The van der Waals surface area contributed by atoms with Gasteiger partial charge in [-0.2, -0.15) is 0 Å². The van der Waals surface area contributed by atoms with E-state index in [1.807, 2.05) is 0 Å². The normalized spacial score (nSPS) is 12.0. The third-order valence-corrected chi connectivity index (χ3v) is 3.24. The Balaban J connectivity index is 1.88. The topological polar surface area (TPSA) is 44.5 Å². The van der Waals surface area contributed by atoms with Crippen LogP contribution in [0, 0.1) is 5.82 Å². The fourth-order valence-electron chi connectivity index (χ4n) is 1.93. The van der Waals surface area contributed by atoms with E-state index in [9.17, 15) is 4.39 Å². The number of hydrogen-bond donors (Lipinski definition) is 1. The first kappa shape index (κ1) is 15.6. The van der Waals surface area contributed by atoms with Gasteiger partial charge in [-0.15, -0.1) is 0 Å². The molecular formula is C16H17ClFNO2. The Morgan fingerprint density at radius 3 is 2.52 bits per heavy atom. The van der Waals surface area contributed by atoms with Crippen LogP contribution in [0.5, 0.6) is 11.5 Å². The summed E-state index contributed by atoms with van der Waals surface area (Å²) in [4.78, 5) is 0. The maximum Gasteiger partial charge on any atom is 0.165 e. The van der Waals surface area contributed by atoms with Crippen LogP contribution >= 0.6 is 11.6 Å². The largest absolute Gasteiger partial charge is 0.494 e. The summed E-state index contributed by atoms with van der Waals surface area (Å²) < 4.78 is 24.0. The number of methoxy groups -OCH3 is 1. The molecule has 2 rings (SSSR count). The first-order valence-corrected chi connectivity index (χ1v) is 6.92. The van der Waals surface area contributed by atoms with E-state index >= 15 is 0 Å². The second-order valence-electron chi connectivity index (χ2n) is 4.70. The summed E-state index contributed by atoms with van der Waals surface area (Å²) in [7, 11) is 1.43. The Morgan fingerprint density at radius 2 is 1.90 bits per heavy atom. The second-order valence-corrected chi connectivity index (χ2v) is 5.13. The Morgan fingerprint density at radius 1 is 1.19 bits per heavy atom. The Labute approximate surface area is 128 Å². The first-order chi connectivity index (χ1) is 10.1. The van der Waals surface area contributed by atoms with Gasteiger partial charge >= 0.3 is 0 Å². The zero-order chi connectivity index (χ0) is 15.2. The van der Waals surface area contributed by atoms with E-state index in [0.717, 1.165) is 5.56 Å². The predicted octanol–water partition coefficient (Wildman–Crippen LogP) is 3.44. The lowest BCUT2D eigenvalue weighted by Crippen LogP contribution is -2.30. The molecule has 0 radical (unpaired) electrons. The van der Waals surface area contributed by atoms with Crippen LogP contribution in [0.4, 0.5) is 4.39 Å². The molecule has 0 aliphatic heterocycles. The van der Waals surface area contributed by atoms with E-state index in [4.69, 9.17) is 26.8 Å². The molecule has 2 N–H and O–H groups in total. The molecule has 0 aliphatic rings. The molecule has 1 atom stereocenters. The van der Waals surface area contributed by atoms with Crippen molar-refractivity contribution in [3.8, 4) is 11.5 Å². The highest BCUT2D eigenvalue weighted by molar-refractivity contribution is 6.30. The third-order valence-electron chi connectivity index (χ3n) is 2.99. The molecule has 0 bridgehead atoms. The van der Waals surface area contributed by atoms with Crippen LogP contribution in [0.3, 0.4) is 0 Å². The van der Waals surface area contributed by atoms with Crippen molar-refractivity contribution in [1.82, 2.24) is 0 Å². The molecule has 0 saturated carbocycles. The minimum atomic E-state index is -0.388. The van der Waals surface area contributed by atoms with Crippen LogP contribution in [-0.2, 0) is 6.42 Å². The molecule has 0 saturated heterocycles. The first-order valence-electron chi connectivity index (χ1n) is 6.55. The summed E-state index contributed by atoms with van der Waals surface area (Å²) in [5.74, 6) is 0.543. The molecule has 0 aliphatic carbocycles. The van der Waals surface area contributed by atoms with Crippen molar-refractivity contribution in [3.63, 3.8) is 0 Å². The van der Waals surface area contributed by atoms with Crippen LogP contribution in [0.15, 0.2) is 42.5 Å². The van der Waals surface area contributed by atoms with Crippen LogP contribution in [-0.4, -0.2) is 19.8 Å². The average molecular weight is 310 g/mol. The molecule has 0 fully saturated rings. The molecule has 1 unspecified atom stereocenters. The third kappa shape index (κ3) is 4.62. The van der Waals surface area contributed by atoms with Crippen LogP contribution < -0.4 is 15.2 Å². The smallest absolute Gasteiger partial charge is 0.165 e. The van der Waals surface area contributed by atoms with Gasteiger partial charge in [0.2, 0.25) is 0 Å². The predicted molar refractivity (Wildman–Crippen MR) is 81.6 cm³/mol. The van der Waals surface area contributed by atoms with E-state index in [1.54, 1.807) is 36.4 Å².